The summed E-state index contributed by atoms with van der Waals surface area (Å²) in [4.78, 5) is 0. The first kappa shape index (κ1) is 13.4. The molecular weight excluding hydrogens is 238 g/mol. The van der Waals surface area contributed by atoms with Crippen molar-refractivity contribution in [3.63, 3.8) is 0 Å². The van der Waals surface area contributed by atoms with E-state index in [0.29, 0.717) is 17.0 Å². The van der Waals surface area contributed by atoms with E-state index < -0.39 is 6.10 Å². The lowest BCUT2D eigenvalue weighted by atomic mass is 9.98. The normalized spacial score (nSPS) is 12.2. The summed E-state index contributed by atoms with van der Waals surface area (Å²) in [6.45, 7) is 2.10. The lowest BCUT2D eigenvalue weighted by Crippen LogP contribution is -2.05. The van der Waals surface area contributed by atoms with Gasteiger partial charge in [0.2, 0.25) is 0 Å². The summed E-state index contributed by atoms with van der Waals surface area (Å²) in [6.07, 6.45) is 0.249. The second-order valence-corrected chi connectivity index (χ2v) is 4.46. The van der Waals surface area contributed by atoms with Crippen LogP contribution >= 0.6 is 0 Å². The summed E-state index contributed by atoms with van der Waals surface area (Å²) >= 11 is 0. The molecule has 100 valence electrons. The second kappa shape index (κ2) is 5.76. The molecule has 19 heavy (non-hydrogen) atoms. The Bertz CT molecular complexity index is 549. The third-order valence-electron chi connectivity index (χ3n) is 3.32. The molecule has 0 amide bonds. The minimum Gasteiger partial charge on any atom is -0.495 e. The van der Waals surface area contributed by atoms with Crippen LogP contribution < -0.4 is 10.5 Å². The van der Waals surface area contributed by atoms with Gasteiger partial charge in [-0.3, -0.25) is 0 Å². The summed E-state index contributed by atoms with van der Waals surface area (Å²) in [5.41, 5.74) is 9.23. The lowest BCUT2D eigenvalue weighted by molar-refractivity contribution is 0.220. The fourth-order valence-electron chi connectivity index (χ4n) is 2.09. The largest absolute Gasteiger partial charge is 0.495 e. The van der Waals surface area contributed by atoms with Gasteiger partial charge in [-0.2, -0.15) is 0 Å². The van der Waals surface area contributed by atoms with Crippen LogP contribution in [0.5, 0.6) is 5.75 Å². The SMILES string of the molecule is CCc1ccc(C(O)c2cccc(OC)c2N)cc1. The summed E-state index contributed by atoms with van der Waals surface area (Å²) in [5.74, 6) is 0.585. The van der Waals surface area contributed by atoms with Crippen molar-refractivity contribution in [2.75, 3.05) is 12.8 Å². The highest BCUT2D eigenvalue weighted by molar-refractivity contribution is 5.60. The molecule has 0 radical (unpaired) electrons. The number of methoxy groups -OCH3 is 1. The topological polar surface area (TPSA) is 55.5 Å². The van der Waals surface area contributed by atoms with Crippen molar-refractivity contribution < 1.29 is 9.84 Å². The Balaban J connectivity index is 2.35. The monoisotopic (exact) mass is 257 g/mol. The molecule has 1 unspecified atom stereocenters. The van der Waals surface area contributed by atoms with Gasteiger partial charge in [-0.1, -0.05) is 43.3 Å². The van der Waals surface area contributed by atoms with Crippen molar-refractivity contribution in [3.8, 4) is 5.75 Å². The van der Waals surface area contributed by atoms with Gasteiger partial charge < -0.3 is 15.6 Å². The zero-order valence-electron chi connectivity index (χ0n) is 11.3. The van der Waals surface area contributed by atoms with Crippen LogP contribution in [0, 0.1) is 0 Å². The average molecular weight is 257 g/mol. The number of nitrogen functional groups attached to an aromatic ring is 1. The number of hydrogen-bond donors (Lipinski definition) is 2. The Kier molecular flexibility index (Phi) is 4.07. The van der Waals surface area contributed by atoms with Crippen LogP contribution in [-0.4, -0.2) is 12.2 Å². The molecule has 1 atom stereocenters. The van der Waals surface area contributed by atoms with E-state index in [2.05, 4.69) is 6.92 Å². The minimum atomic E-state index is -0.735. The minimum absolute atomic E-state index is 0.483. The van der Waals surface area contributed by atoms with Gasteiger partial charge in [0.15, 0.2) is 0 Å². The van der Waals surface area contributed by atoms with Crippen molar-refractivity contribution in [3.05, 3.63) is 59.2 Å². The number of nitrogens with two attached hydrogens (primary N) is 1. The van der Waals surface area contributed by atoms with Crippen molar-refractivity contribution in [2.45, 2.75) is 19.4 Å². The molecule has 3 nitrogen and oxygen atoms in total. The highest BCUT2D eigenvalue weighted by Crippen LogP contribution is 2.32. The van der Waals surface area contributed by atoms with Crippen molar-refractivity contribution in [1.82, 2.24) is 0 Å². The summed E-state index contributed by atoms with van der Waals surface area (Å²) in [5, 5.41) is 10.4. The number of benzene rings is 2. The zero-order valence-corrected chi connectivity index (χ0v) is 11.3. The molecule has 0 aliphatic heterocycles. The predicted molar refractivity (Wildman–Crippen MR) is 77.3 cm³/mol. The van der Waals surface area contributed by atoms with E-state index in [-0.39, 0.29) is 0 Å². The molecule has 2 aromatic carbocycles. The highest BCUT2D eigenvalue weighted by atomic mass is 16.5. The molecule has 0 saturated heterocycles. The quantitative estimate of drug-likeness (QED) is 0.828. The fourth-order valence-corrected chi connectivity index (χ4v) is 2.09. The number of ether oxygens (including phenoxy) is 1. The standard InChI is InChI=1S/C16H19NO2/c1-3-11-7-9-12(10-8-11)16(18)13-5-4-6-14(19-2)15(13)17/h4-10,16,18H,3,17H2,1-2H3. The van der Waals surface area contributed by atoms with Crippen LogP contribution in [0.4, 0.5) is 5.69 Å². The maximum absolute atomic E-state index is 10.4. The van der Waals surface area contributed by atoms with Crippen LogP contribution in [0.1, 0.15) is 29.7 Å². The Morgan fingerprint density at radius 3 is 2.42 bits per heavy atom. The number of hydrogen-bond acceptors (Lipinski definition) is 3. The van der Waals surface area contributed by atoms with Gasteiger partial charge in [0.05, 0.1) is 12.8 Å². The van der Waals surface area contributed by atoms with Gasteiger partial charge in [0.1, 0.15) is 11.9 Å². The highest BCUT2D eigenvalue weighted by Gasteiger charge is 2.15. The van der Waals surface area contributed by atoms with Crippen molar-refractivity contribution in [2.24, 2.45) is 0 Å². The van der Waals surface area contributed by atoms with Crippen molar-refractivity contribution >= 4 is 5.69 Å². The molecular formula is C16H19NO2. The van der Waals surface area contributed by atoms with Crippen LogP contribution in [0.25, 0.3) is 0 Å². The first-order valence-electron chi connectivity index (χ1n) is 6.36. The summed E-state index contributed by atoms with van der Waals surface area (Å²) in [7, 11) is 1.57. The Morgan fingerprint density at radius 2 is 1.84 bits per heavy atom. The molecule has 3 heteroatoms. The Morgan fingerprint density at radius 1 is 1.16 bits per heavy atom. The van der Waals surface area contributed by atoms with Crippen molar-refractivity contribution in [1.29, 1.82) is 0 Å². The Hall–Kier alpha value is -2.00. The number of aryl methyl sites for hydroxylation is 1. The molecule has 0 aromatic heterocycles. The second-order valence-electron chi connectivity index (χ2n) is 4.46. The van der Waals surface area contributed by atoms with E-state index in [1.165, 1.54) is 5.56 Å². The van der Waals surface area contributed by atoms with Gasteiger partial charge >= 0.3 is 0 Å². The Labute approximate surface area is 113 Å². The third-order valence-corrected chi connectivity index (χ3v) is 3.32. The number of anilines is 1. The van der Waals surface area contributed by atoms with Gasteiger partial charge in [0, 0.05) is 5.56 Å². The molecule has 0 spiro atoms. The van der Waals surface area contributed by atoms with Crippen LogP contribution in [0.2, 0.25) is 0 Å². The molecule has 0 saturated carbocycles. The van der Waals surface area contributed by atoms with E-state index in [1.807, 2.05) is 36.4 Å². The first-order chi connectivity index (χ1) is 9.17. The van der Waals surface area contributed by atoms with Gasteiger partial charge in [0.25, 0.3) is 0 Å². The maximum Gasteiger partial charge on any atom is 0.142 e. The first-order valence-corrected chi connectivity index (χ1v) is 6.36. The third kappa shape index (κ3) is 2.71. The fraction of sp³-hybridized carbons (Fsp3) is 0.250. The van der Waals surface area contributed by atoms with Crippen LogP contribution in [-0.2, 0) is 6.42 Å². The zero-order chi connectivity index (χ0) is 13.8. The number of para-hydroxylation sites is 1. The van der Waals surface area contributed by atoms with Gasteiger partial charge in [-0.15, -0.1) is 0 Å². The number of aliphatic hydroxyl groups excluding tert-OH is 1. The van der Waals surface area contributed by atoms with E-state index in [0.717, 1.165) is 12.0 Å². The summed E-state index contributed by atoms with van der Waals surface area (Å²) in [6, 6.07) is 13.3. The molecule has 0 heterocycles. The van der Waals surface area contributed by atoms with E-state index in [9.17, 15) is 5.11 Å². The molecule has 0 aliphatic rings. The molecule has 2 rings (SSSR count). The average Bonchev–Trinajstić information content (AvgIpc) is 2.47. The molecule has 0 fully saturated rings. The van der Waals surface area contributed by atoms with Gasteiger partial charge in [-0.25, -0.2) is 0 Å². The summed E-state index contributed by atoms with van der Waals surface area (Å²) < 4.78 is 5.17. The number of rotatable bonds is 4. The molecule has 2 aromatic rings. The van der Waals surface area contributed by atoms with E-state index in [1.54, 1.807) is 13.2 Å². The predicted octanol–water partition coefficient (Wildman–Crippen LogP) is 2.92. The molecule has 0 bridgehead atoms. The van der Waals surface area contributed by atoms with E-state index in [4.69, 9.17) is 10.5 Å². The van der Waals surface area contributed by atoms with Crippen LogP contribution in [0.15, 0.2) is 42.5 Å². The lowest BCUT2D eigenvalue weighted by Gasteiger charge is -2.16. The molecule has 3 N–H and O–H groups in total. The van der Waals surface area contributed by atoms with E-state index >= 15 is 0 Å². The smallest absolute Gasteiger partial charge is 0.142 e. The van der Waals surface area contributed by atoms with Crippen LogP contribution in [0.3, 0.4) is 0 Å². The maximum atomic E-state index is 10.4. The number of aliphatic hydroxyl groups is 1. The molecule has 0 aliphatic carbocycles. The van der Waals surface area contributed by atoms with Gasteiger partial charge in [-0.05, 0) is 23.6 Å².